The summed E-state index contributed by atoms with van der Waals surface area (Å²) in [6, 6.07) is 5.06. The maximum absolute atomic E-state index is 13.2. The predicted molar refractivity (Wildman–Crippen MR) is 105 cm³/mol. The van der Waals surface area contributed by atoms with Crippen molar-refractivity contribution in [3.05, 3.63) is 30.4 Å². The molecule has 1 spiro atoms. The molecule has 0 aliphatic carbocycles. The molecule has 0 radical (unpaired) electrons. The molecule has 0 saturated carbocycles. The molecule has 3 heterocycles. The predicted octanol–water partition coefficient (Wildman–Crippen LogP) is 0.987. The van der Waals surface area contributed by atoms with E-state index >= 15 is 0 Å². The number of carbonyl (C=O) groups excluding carboxylic acids is 3. The SMILES string of the molecule is CCOC(=O)CN1C[C@@]23C=C[C@@H](O2)[C@@H](C(=O)Nc2cc(OC)ccc2OC)[C@@H]3C1=O. The standard InChI is InChI=1S/C21H24N2O7/c1-4-29-16(24)10-23-11-21-8-7-15(30-21)17(18(21)20(23)26)19(25)22-13-9-12(27-2)5-6-14(13)28-3/h5-9,15,17-18H,4,10-11H2,1-3H3,(H,22,25)/t15-,17-,18-,21-/m1/s1. The van der Waals surface area contributed by atoms with Crippen LogP contribution in [0.15, 0.2) is 30.4 Å². The lowest BCUT2D eigenvalue weighted by atomic mass is 9.76. The highest BCUT2D eigenvalue weighted by Gasteiger charge is 2.67. The number of methoxy groups -OCH3 is 2. The van der Waals surface area contributed by atoms with Crippen LogP contribution in [0, 0.1) is 11.8 Å². The molecular formula is C21H24N2O7. The van der Waals surface area contributed by atoms with E-state index in [4.69, 9.17) is 18.9 Å². The molecule has 2 bridgehead atoms. The lowest BCUT2D eigenvalue weighted by Gasteiger charge is -2.24. The van der Waals surface area contributed by atoms with Gasteiger partial charge in [-0.1, -0.05) is 12.2 Å². The number of hydrogen-bond acceptors (Lipinski definition) is 7. The molecule has 2 saturated heterocycles. The van der Waals surface area contributed by atoms with Gasteiger partial charge in [-0.3, -0.25) is 14.4 Å². The van der Waals surface area contributed by atoms with Gasteiger partial charge < -0.3 is 29.2 Å². The largest absolute Gasteiger partial charge is 0.497 e. The first-order chi connectivity index (χ1) is 14.4. The quantitative estimate of drug-likeness (QED) is 0.522. The summed E-state index contributed by atoms with van der Waals surface area (Å²) in [5.74, 6) is -1.50. The van der Waals surface area contributed by atoms with Crippen molar-refractivity contribution in [2.45, 2.75) is 18.6 Å². The number of benzene rings is 1. The minimum absolute atomic E-state index is 0.162. The number of esters is 1. The highest BCUT2D eigenvalue weighted by atomic mass is 16.5. The maximum Gasteiger partial charge on any atom is 0.325 e. The van der Waals surface area contributed by atoms with Gasteiger partial charge in [-0.25, -0.2) is 0 Å². The number of rotatable bonds is 7. The zero-order chi connectivity index (χ0) is 21.5. The van der Waals surface area contributed by atoms with E-state index < -0.39 is 29.5 Å². The van der Waals surface area contributed by atoms with E-state index in [1.807, 2.05) is 12.2 Å². The summed E-state index contributed by atoms with van der Waals surface area (Å²) in [4.78, 5) is 39.6. The molecular weight excluding hydrogens is 392 g/mol. The molecule has 1 aromatic carbocycles. The van der Waals surface area contributed by atoms with Crippen molar-refractivity contribution in [1.82, 2.24) is 4.90 Å². The molecule has 160 valence electrons. The second-order valence-electron chi connectivity index (χ2n) is 7.45. The van der Waals surface area contributed by atoms with Crippen molar-refractivity contribution in [2.24, 2.45) is 11.8 Å². The Labute approximate surface area is 173 Å². The molecule has 4 atom stereocenters. The Morgan fingerprint density at radius 3 is 2.80 bits per heavy atom. The molecule has 3 aliphatic heterocycles. The molecule has 2 fully saturated rings. The first-order valence-electron chi connectivity index (χ1n) is 9.77. The Hall–Kier alpha value is -3.07. The van der Waals surface area contributed by atoms with Crippen LogP contribution in [0.1, 0.15) is 6.92 Å². The van der Waals surface area contributed by atoms with Crippen LogP contribution in [0.3, 0.4) is 0 Å². The number of nitrogens with zero attached hydrogens (tertiary/aromatic N) is 1. The van der Waals surface area contributed by atoms with E-state index in [-0.39, 0.29) is 31.5 Å². The van der Waals surface area contributed by atoms with E-state index in [1.165, 1.54) is 19.1 Å². The lowest BCUT2D eigenvalue weighted by molar-refractivity contribution is -0.148. The highest BCUT2D eigenvalue weighted by molar-refractivity contribution is 6.00. The van der Waals surface area contributed by atoms with Gasteiger partial charge in [0.15, 0.2) is 0 Å². The minimum Gasteiger partial charge on any atom is -0.497 e. The molecule has 1 aromatic rings. The van der Waals surface area contributed by atoms with Gasteiger partial charge in [-0.2, -0.15) is 0 Å². The topological polar surface area (TPSA) is 103 Å². The summed E-state index contributed by atoms with van der Waals surface area (Å²) in [6.45, 7) is 2.00. The van der Waals surface area contributed by atoms with Crippen LogP contribution >= 0.6 is 0 Å². The van der Waals surface area contributed by atoms with Gasteiger partial charge in [-0.05, 0) is 19.1 Å². The average molecular weight is 416 g/mol. The van der Waals surface area contributed by atoms with Crippen molar-refractivity contribution >= 4 is 23.5 Å². The van der Waals surface area contributed by atoms with Crippen LogP contribution in [0.25, 0.3) is 0 Å². The van der Waals surface area contributed by atoms with Gasteiger partial charge in [0.1, 0.15) is 23.6 Å². The molecule has 1 N–H and O–H groups in total. The molecule has 0 aromatic heterocycles. The molecule has 0 unspecified atom stereocenters. The third-order valence-corrected chi connectivity index (χ3v) is 5.77. The van der Waals surface area contributed by atoms with E-state index in [0.717, 1.165) is 0 Å². The molecule has 2 amide bonds. The van der Waals surface area contributed by atoms with Crippen LogP contribution in [0.5, 0.6) is 11.5 Å². The lowest BCUT2D eigenvalue weighted by Crippen LogP contribution is -2.42. The molecule has 9 heteroatoms. The number of amides is 2. The first kappa shape index (κ1) is 20.2. The van der Waals surface area contributed by atoms with Crippen LogP contribution in [-0.4, -0.2) is 68.3 Å². The minimum atomic E-state index is -0.894. The number of nitrogens with one attached hydrogen (secondary N) is 1. The number of ether oxygens (including phenoxy) is 4. The van der Waals surface area contributed by atoms with Crippen LogP contribution in [0.4, 0.5) is 5.69 Å². The van der Waals surface area contributed by atoms with Gasteiger partial charge in [0.25, 0.3) is 0 Å². The first-order valence-corrected chi connectivity index (χ1v) is 9.77. The fourth-order valence-electron chi connectivity index (χ4n) is 4.50. The summed E-state index contributed by atoms with van der Waals surface area (Å²) in [7, 11) is 3.03. The number of likely N-dealkylation sites (tertiary alicyclic amines) is 1. The number of hydrogen-bond donors (Lipinski definition) is 1. The Kier molecular flexibility index (Phi) is 5.15. The zero-order valence-electron chi connectivity index (χ0n) is 17.0. The number of fused-ring (bicyclic) bond motifs is 1. The summed E-state index contributed by atoms with van der Waals surface area (Å²) in [5, 5.41) is 2.85. The molecule has 4 rings (SSSR count). The highest BCUT2D eigenvalue weighted by Crippen LogP contribution is 2.52. The molecule has 30 heavy (non-hydrogen) atoms. The second kappa shape index (κ2) is 7.64. The van der Waals surface area contributed by atoms with E-state index in [2.05, 4.69) is 5.32 Å². The van der Waals surface area contributed by atoms with Crippen LogP contribution in [-0.2, 0) is 23.9 Å². The molecule has 9 nitrogen and oxygen atoms in total. The average Bonchev–Trinajstić information content (AvgIpc) is 3.36. The van der Waals surface area contributed by atoms with Gasteiger partial charge in [-0.15, -0.1) is 0 Å². The fraction of sp³-hybridized carbons (Fsp3) is 0.476. The van der Waals surface area contributed by atoms with Gasteiger partial charge in [0.05, 0.1) is 51.0 Å². The third kappa shape index (κ3) is 3.19. The van der Waals surface area contributed by atoms with E-state index in [1.54, 1.807) is 25.1 Å². The summed E-state index contributed by atoms with van der Waals surface area (Å²) >= 11 is 0. The smallest absolute Gasteiger partial charge is 0.325 e. The van der Waals surface area contributed by atoms with Crippen molar-refractivity contribution in [3.8, 4) is 11.5 Å². The second-order valence-corrected chi connectivity index (χ2v) is 7.45. The number of carbonyl (C=O) groups is 3. The van der Waals surface area contributed by atoms with E-state index in [9.17, 15) is 14.4 Å². The number of anilines is 1. The zero-order valence-corrected chi connectivity index (χ0v) is 17.0. The van der Waals surface area contributed by atoms with Gasteiger partial charge in [0, 0.05) is 6.07 Å². The Morgan fingerprint density at radius 1 is 1.30 bits per heavy atom. The van der Waals surface area contributed by atoms with Crippen LogP contribution in [0.2, 0.25) is 0 Å². The Balaban J connectivity index is 1.56. The van der Waals surface area contributed by atoms with Crippen molar-refractivity contribution < 1.29 is 33.3 Å². The summed E-state index contributed by atoms with van der Waals surface area (Å²) in [6.07, 6.45) is 3.15. The summed E-state index contributed by atoms with van der Waals surface area (Å²) in [5.41, 5.74) is -0.453. The van der Waals surface area contributed by atoms with Crippen molar-refractivity contribution in [2.75, 3.05) is 39.2 Å². The Morgan fingerprint density at radius 2 is 2.10 bits per heavy atom. The van der Waals surface area contributed by atoms with Crippen molar-refractivity contribution in [1.29, 1.82) is 0 Å². The Bertz CT molecular complexity index is 915. The van der Waals surface area contributed by atoms with Gasteiger partial charge >= 0.3 is 5.97 Å². The summed E-state index contributed by atoms with van der Waals surface area (Å²) < 4.78 is 21.5. The normalized spacial score (nSPS) is 28.4. The maximum atomic E-state index is 13.2. The van der Waals surface area contributed by atoms with Crippen molar-refractivity contribution in [3.63, 3.8) is 0 Å². The van der Waals surface area contributed by atoms with Gasteiger partial charge in [0.2, 0.25) is 11.8 Å². The fourth-order valence-corrected chi connectivity index (χ4v) is 4.50. The van der Waals surface area contributed by atoms with E-state index in [0.29, 0.717) is 17.2 Å². The molecule has 3 aliphatic rings. The van der Waals surface area contributed by atoms with Crippen LogP contribution < -0.4 is 14.8 Å². The third-order valence-electron chi connectivity index (χ3n) is 5.77. The monoisotopic (exact) mass is 416 g/mol.